The van der Waals surface area contributed by atoms with E-state index in [9.17, 15) is 0 Å². The van der Waals surface area contributed by atoms with Gasteiger partial charge in [-0.25, -0.2) is 9.98 Å². The minimum Gasteiger partial charge on any atom is -0.368 e. The second-order valence-corrected chi connectivity index (χ2v) is 4.34. The van der Waals surface area contributed by atoms with Crippen molar-refractivity contribution in [3.63, 3.8) is 0 Å². The summed E-state index contributed by atoms with van der Waals surface area (Å²) in [5.74, 6) is 0.307. The van der Waals surface area contributed by atoms with Gasteiger partial charge in [0, 0.05) is 10.7 Å². The average molecular weight is 248 g/mol. The van der Waals surface area contributed by atoms with E-state index in [0.717, 1.165) is 23.4 Å². The number of nitrogens with two attached hydrogens (primary N) is 1. The molecule has 0 amide bonds. The van der Waals surface area contributed by atoms with Gasteiger partial charge in [0.25, 0.3) is 0 Å². The maximum absolute atomic E-state index is 5.88. The number of hydrogen-bond donors (Lipinski definition) is 1. The van der Waals surface area contributed by atoms with Crippen molar-refractivity contribution in [3.05, 3.63) is 47.1 Å². The Hall–Kier alpha value is -1.61. The molecule has 0 fully saturated rings. The minimum absolute atomic E-state index is 0.0181. The van der Waals surface area contributed by atoms with Gasteiger partial charge >= 0.3 is 0 Å². The lowest BCUT2D eigenvalue weighted by Crippen LogP contribution is -2.24. The fourth-order valence-corrected chi connectivity index (χ4v) is 2.09. The van der Waals surface area contributed by atoms with Crippen molar-refractivity contribution >= 4 is 23.3 Å². The van der Waals surface area contributed by atoms with Gasteiger partial charge in [-0.3, -0.25) is 0 Å². The van der Waals surface area contributed by atoms with Gasteiger partial charge in [-0.1, -0.05) is 37.2 Å². The number of rotatable bonds is 2. The third-order valence-corrected chi connectivity index (χ3v) is 3.00. The molecule has 1 heterocycles. The number of nitrogens with zero attached hydrogens (tertiary/aromatic N) is 2. The van der Waals surface area contributed by atoms with E-state index in [1.54, 1.807) is 0 Å². The smallest absolute Gasteiger partial charge is 0.220 e. The van der Waals surface area contributed by atoms with E-state index in [4.69, 9.17) is 17.3 Å². The molecular formula is C13H14ClN3. The van der Waals surface area contributed by atoms with Gasteiger partial charge < -0.3 is 5.73 Å². The van der Waals surface area contributed by atoms with Gasteiger partial charge in [-0.2, -0.15) is 0 Å². The van der Waals surface area contributed by atoms with E-state index < -0.39 is 0 Å². The monoisotopic (exact) mass is 247 g/mol. The minimum atomic E-state index is 0.0181. The highest BCUT2D eigenvalue weighted by Crippen LogP contribution is 2.30. The van der Waals surface area contributed by atoms with E-state index in [1.807, 2.05) is 31.2 Å². The van der Waals surface area contributed by atoms with Gasteiger partial charge in [0.05, 0.1) is 11.6 Å². The zero-order valence-electron chi connectivity index (χ0n) is 9.65. The number of benzene rings is 1. The second kappa shape index (κ2) is 4.72. The molecule has 3 nitrogen and oxygen atoms in total. The summed E-state index contributed by atoms with van der Waals surface area (Å²) in [4.78, 5) is 8.42. The lowest BCUT2D eigenvalue weighted by Gasteiger charge is -2.22. The Labute approximate surface area is 106 Å². The molecule has 1 aromatic carbocycles. The van der Waals surface area contributed by atoms with Gasteiger partial charge in [0.15, 0.2) is 0 Å². The quantitative estimate of drug-likeness (QED) is 0.858. The Morgan fingerprint density at radius 2 is 1.94 bits per heavy atom. The van der Waals surface area contributed by atoms with Crippen LogP contribution in [0.3, 0.4) is 0 Å². The number of allylic oxidation sites excluding steroid dienone is 1. The third-order valence-electron chi connectivity index (χ3n) is 2.75. The van der Waals surface area contributed by atoms with Crippen LogP contribution in [0.1, 0.15) is 24.8 Å². The van der Waals surface area contributed by atoms with Gasteiger partial charge in [0.2, 0.25) is 5.96 Å². The van der Waals surface area contributed by atoms with Crippen LogP contribution in [-0.4, -0.2) is 11.7 Å². The molecular weight excluding hydrogens is 234 g/mol. The van der Waals surface area contributed by atoms with Crippen molar-refractivity contribution in [1.29, 1.82) is 0 Å². The zero-order chi connectivity index (χ0) is 12.4. The van der Waals surface area contributed by atoms with E-state index >= 15 is 0 Å². The van der Waals surface area contributed by atoms with Crippen LogP contribution in [0.5, 0.6) is 0 Å². The molecule has 0 spiro atoms. The Balaban J connectivity index is 2.41. The van der Waals surface area contributed by atoms with Crippen molar-refractivity contribution < 1.29 is 0 Å². The molecule has 1 aliphatic heterocycles. The number of guanidine groups is 1. The summed E-state index contributed by atoms with van der Waals surface area (Å²) in [6.07, 6.45) is 0.822. The fourth-order valence-electron chi connectivity index (χ4n) is 1.96. The summed E-state index contributed by atoms with van der Waals surface area (Å²) < 4.78 is 0. The molecule has 1 unspecified atom stereocenters. The molecule has 1 atom stereocenters. The Kier molecular flexibility index (Phi) is 3.29. The predicted octanol–water partition coefficient (Wildman–Crippen LogP) is 3.12. The maximum Gasteiger partial charge on any atom is 0.220 e. The summed E-state index contributed by atoms with van der Waals surface area (Å²) >= 11 is 5.88. The first kappa shape index (κ1) is 11.9. The van der Waals surface area contributed by atoms with E-state index in [1.165, 1.54) is 0 Å². The lowest BCUT2D eigenvalue weighted by molar-refractivity contribution is 0.961. The topological polar surface area (TPSA) is 50.7 Å². The molecule has 0 bridgehead atoms. The van der Waals surface area contributed by atoms with Crippen molar-refractivity contribution in [3.8, 4) is 0 Å². The highest BCUT2D eigenvalue weighted by atomic mass is 35.5. The zero-order valence-corrected chi connectivity index (χ0v) is 10.4. The number of halogens is 1. The Morgan fingerprint density at radius 1 is 1.29 bits per heavy atom. The predicted molar refractivity (Wildman–Crippen MR) is 72.7 cm³/mol. The SMILES string of the molecule is C=C1N=C(N)N=C(CC)C1c1ccc(Cl)cc1. The Bertz CT molecular complexity index is 500. The Morgan fingerprint density at radius 3 is 2.53 bits per heavy atom. The molecule has 1 aliphatic rings. The van der Waals surface area contributed by atoms with Crippen LogP contribution < -0.4 is 5.73 Å². The van der Waals surface area contributed by atoms with Crippen LogP contribution in [-0.2, 0) is 0 Å². The maximum atomic E-state index is 5.88. The van der Waals surface area contributed by atoms with Crippen molar-refractivity contribution in [2.45, 2.75) is 19.3 Å². The molecule has 0 saturated carbocycles. The van der Waals surface area contributed by atoms with E-state index in [0.29, 0.717) is 5.02 Å². The highest BCUT2D eigenvalue weighted by Gasteiger charge is 2.23. The molecule has 4 heteroatoms. The summed E-state index contributed by atoms with van der Waals surface area (Å²) in [6.45, 7) is 6.01. The van der Waals surface area contributed by atoms with E-state index in [2.05, 4.69) is 16.6 Å². The van der Waals surface area contributed by atoms with Crippen LogP contribution >= 0.6 is 11.6 Å². The molecule has 1 aromatic rings. The highest BCUT2D eigenvalue weighted by molar-refractivity contribution is 6.30. The van der Waals surface area contributed by atoms with Gasteiger partial charge in [-0.05, 0) is 24.1 Å². The summed E-state index contributed by atoms with van der Waals surface area (Å²) in [5, 5.41) is 0.716. The van der Waals surface area contributed by atoms with Gasteiger partial charge in [-0.15, -0.1) is 0 Å². The first-order valence-electron chi connectivity index (χ1n) is 5.47. The summed E-state index contributed by atoms with van der Waals surface area (Å²) in [7, 11) is 0. The summed E-state index contributed by atoms with van der Waals surface area (Å²) in [5.41, 5.74) is 8.45. The third kappa shape index (κ3) is 2.39. The average Bonchev–Trinajstić information content (AvgIpc) is 2.30. The molecule has 88 valence electrons. The number of aliphatic imine (C=N–C) groups is 2. The standard InChI is InChI=1S/C13H14ClN3/c1-3-11-12(8(2)16-13(15)17-11)9-4-6-10(14)7-5-9/h4-7,12H,2-3H2,1H3,(H2,15,16). The summed E-state index contributed by atoms with van der Waals surface area (Å²) in [6, 6.07) is 7.67. The number of hydrogen-bond acceptors (Lipinski definition) is 3. The fraction of sp³-hybridized carbons (Fsp3) is 0.231. The largest absolute Gasteiger partial charge is 0.368 e. The molecule has 0 aliphatic carbocycles. The molecule has 2 rings (SSSR count). The van der Waals surface area contributed by atoms with Crippen molar-refractivity contribution in [2.75, 3.05) is 0 Å². The van der Waals surface area contributed by atoms with Crippen LogP contribution in [0, 0.1) is 0 Å². The van der Waals surface area contributed by atoms with Gasteiger partial charge in [0.1, 0.15) is 0 Å². The van der Waals surface area contributed by atoms with Crippen LogP contribution in [0.4, 0.5) is 0 Å². The second-order valence-electron chi connectivity index (χ2n) is 3.90. The van der Waals surface area contributed by atoms with Crippen LogP contribution in [0.2, 0.25) is 5.02 Å². The molecule has 0 aromatic heterocycles. The molecule has 17 heavy (non-hydrogen) atoms. The van der Waals surface area contributed by atoms with Crippen LogP contribution in [0.25, 0.3) is 0 Å². The molecule has 0 radical (unpaired) electrons. The lowest BCUT2D eigenvalue weighted by atomic mass is 9.89. The normalized spacial score (nSPS) is 19.9. The molecule has 2 N–H and O–H groups in total. The van der Waals surface area contributed by atoms with E-state index in [-0.39, 0.29) is 11.9 Å². The van der Waals surface area contributed by atoms with Crippen molar-refractivity contribution in [1.82, 2.24) is 0 Å². The van der Waals surface area contributed by atoms with Crippen molar-refractivity contribution in [2.24, 2.45) is 15.7 Å². The molecule has 0 saturated heterocycles. The first-order valence-corrected chi connectivity index (χ1v) is 5.85. The first-order chi connectivity index (χ1) is 8.11. The van der Waals surface area contributed by atoms with Crippen LogP contribution in [0.15, 0.2) is 46.5 Å².